The maximum Gasteiger partial charge on any atom is 0.348 e. The van der Waals surface area contributed by atoms with Gasteiger partial charge >= 0.3 is 7.52 Å². The maximum atomic E-state index is 13.9. The van der Waals surface area contributed by atoms with E-state index >= 15 is 0 Å². The van der Waals surface area contributed by atoms with E-state index < -0.39 is 48.2 Å². The minimum Gasteiger partial charge on any atom is -0.509 e. The Hall–Kier alpha value is -2.43. The van der Waals surface area contributed by atoms with E-state index in [4.69, 9.17) is 4.52 Å². The van der Waals surface area contributed by atoms with Crippen molar-refractivity contribution < 1.29 is 31.8 Å². The van der Waals surface area contributed by atoms with Gasteiger partial charge in [-0.15, -0.1) is 0 Å². The molecule has 2 unspecified atom stereocenters. The molecule has 2 heterocycles. The quantitative estimate of drug-likeness (QED) is 0.407. The summed E-state index contributed by atoms with van der Waals surface area (Å²) in [5.41, 5.74) is -0.353. The first-order valence-electron chi connectivity index (χ1n) is 11.9. The number of amidine groups is 1. The maximum absolute atomic E-state index is 13.9. The third kappa shape index (κ3) is 6.53. The fourth-order valence-electron chi connectivity index (χ4n) is 4.30. The molecule has 1 aromatic rings. The van der Waals surface area contributed by atoms with Crippen molar-refractivity contribution in [2.45, 2.75) is 54.0 Å². The van der Waals surface area contributed by atoms with Crippen molar-refractivity contribution in [2.75, 3.05) is 36.1 Å². The molecule has 2 aliphatic rings. The van der Waals surface area contributed by atoms with Gasteiger partial charge in [0.2, 0.25) is 10.0 Å². The Morgan fingerprint density at radius 2 is 1.89 bits per heavy atom. The number of aliphatic hydroxyl groups is 1. The van der Waals surface area contributed by atoms with E-state index in [9.17, 15) is 27.3 Å². The zero-order chi connectivity index (χ0) is 28.0. The molecule has 13 heteroatoms. The molecule has 0 aromatic heterocycles. The van der Waals surface area contributed by atoms with Crippen molar-refractivity contribution in [3.05, 3.63) is 29.5 Å². The SMILES string of the molecule is CC(C)(C)CCN1C(=O)C(C2=NP(=O)(OCCF)c3cc(NS(C)(=O)=O)ccc3N2)=C(O)C1C(C)(C)C. The normalized spacial score (nSPS) is 22.6. The van der Waals surface area contributed by atoms with Crippen molar-refractivity contribution in [2.24, 2.45) is 15.6 Å². The minimum absolute atomic E-state index is 0.0147. The van der Waals surface area contributed by atoms with Crippen LogP contribution in [0.5, 0.6) is 0 Å². The van der Waals surface area contributed by atoms with Crippen LogP contribution in [0.4, 0.5) is 15.8 Å². The Bertz CT molecular complexity index is 1300. The number of rotatable bonds is 8. The molecule has 0 fully saturated rings. The van der Waals surface area contributed by atoms with E-state index in [1.54, 1.807) is 4.90 Å². The van der Waals surface area contributed by atoms with Gasteiger partial charge in [0.1, 0.15) is 18.0 Å². The Balaban J connectivity index is 2.11. The summed E-state index contributed by atoms with van der Waals surface area (Å²) in [4.78, 5) is 15.3. The summed E-state index contributed by atoms with van der Waals surface area (Å²) in [7, 11) is -7.79. The fourth-order valence-corrected chi connectivity index (χ4v) is 6.62. The van der Waals surface area contributed by atoms with Gasteiger partial charge in [0.25, 0.3) is 5.91 Å². The van der Waals surface area contributed by atoms with Crippen LogP contribution in [-0.2, 0) is 23.9 Å². The average molecular weight is 559 g/mol. The first-order valence-corrected chi connectivity index (χ1v) is 15.4. The lowest BCUT2D eigenvalue weighted by atomic mass is 9.84. The third-order valence-corrected chi connectivity index (χ3v) is 8.48. The molecular formula is C24H36FN4O6PS. The summed E-state index contributed by atoms with van der Waals surface area (Å²) in [6.45, 7) is 10.8. The molecule has 206 valence electrons. The van der Waals surface area contributed by atoms with E-state index in [0.29, 0.717) is 13.0 Å². The molecule has 37 heavy (non-hydrogen) atoms. The second-order valence-corrected chi connectivity index (χ2v) is 15.3. The Morgan fingerprint density at radius 3 is 2.43 bits per heavy atom. The molecule has 0 saturated carbocycles. The van der Waals surface area contributed by atoms with Crippen molar-refractivity contribution in [3.63, 3.8) is 0 Å². The van der Waals surface area contributed by atoms with Gasteiger partial charge in [0, 0.05) is 12.2 Å². The predicted octanol–water partition coefficient (Wildman–Crippen LogP) is 4.19. The summed E-state index contributed by atoms with van der Waals surface area (Å²) in [6, 6.07) is 3.54. The molecule has 0 aliphatic carbocycles. The second-order valence-electron chi connectivity index (χ2n) is 11.6. The van der Waals surface area contributed by atoms with Crippen LogP contribution in [0, 0.1) is 10.8 Å². The molecule has 3 N–H and O–H groups in total. The third-order valence-electron chi connectivity index (χ3n) is 5.89. The largest absolute Gasteiger partial charge is 0.509 e. The number of carbonyl (C=O) groups excluding carboxylic acids is 1. The molecule has 0 radical (unpaired) electrons. The van der Waals surface area contributed by atoms with Gasteiger partial charge in [-0.1, -0.05) is 41.5 Å². The zero-order valence-electron chi connectivity index (χ0n) is 22.3. The second kappa shape index (κ2) is 10.0. The highest BCUT2D eigenvalue weighted by Gasteiger charge is 2.48. The smallest absolute Gasteiger partial charge is 0.348 e. The Labute approximate surface area is 217 Å². The average Bonchev–Trinajstić information content (AvgIpc) is 2.99. The van der Waals surface area contributed by atoms with E-state index in [2.05, 4.69) is 35.6 Å². The molecule has 1 amide bonds. The number of alkyl halides is 1. The van der Waals surface area contributed by atoms with Crippen molar-refractivity contribution in [1.29, 1.82) is 0 Å². The minimum atomic E-state index is -4.16. The first-order chi connectivity index (χ1) is 16.9. The molecule has 2 atom stereocenters. The first kappa shape index (κ1) is 29.1. The van der Waals surface area contributed by atoms with E-state index in [1.165, 1.54) is 18.2 Å². The van der Waals surface area contributed by atoms with Gasteiger partial charge < -0.3 is 19.8 Å². The number of halogens is 1. The van der Waals surface area contributed by atoms with Crippen LogP contribution in [0.3, 0.4) is 0 Å². The number of nitrogens with zero attached hydrogens (tertiary/aromatic N) is 2. The van der Waals surface area contributed by atoms with E-state index in [-0.39, 0.29) is 39.3 Å². The number of sulfonamides is 1. The highest BCUT2D eigenvalue weighted by atomic mass is 32.2. The molecular weight excluding hydrogens is 522 g/mol. The number of aliphatic hydroxyl groups excluding tert-OH is 1. The molecule has 0 bridgehead atoms. The van der Waals surface area contributed by atoms with Crippen LogP contribution in [0.1, 0.15) is 48.0 Å². The van der Waals surface area contributed by atoms with Gasteiger partial charge in [-0.3, -0.25) is 14.1 Å². The Kier molecular flexibility index (Phi) is 7.90. The van der Waals surface area contributed by atoms with E-state index in [0.717, 1.165) is 6.26 Å². The van der Waals surface area contributed by atoms with Crippen LogP contribution in [0.2, 0.25) is 0 Å². The molecule has 10 nitrogen and oxygen atoms in total. The van der Waals surface area contributed by atoms with Crippen molar-refractivity contribution >= 4 is 46.0 Å². The van der Waals surface area contributed by atoms with Crippen molar-refractivity contribution in [3.8, 4) is 0 Å². The number of anilines is 2. The highest BCUT2D eigenvalue weighted by Crippen LogP contribution is 2.53. The summed E-state index contributed by atoms with van der Waals surface area (Å²) < 4.78 is 62.1. The number of hydrogen-bond donors (Lipinski definition) is 3. The topological polar surface area (TPSA) is 137 Å². The molecule has 1 aromatic carbocycles. The summed E-state index contributed by atoms with van der Waals surface area (Å²) in [5, 5.41) is 14.3. The summed E-state index contributed by atoms with van der Waals surface area (Å²) in [6.07, 6.45) is 1.65. The number of benzene rings is 1. The number of fused-ring (bicyclic) bond motifs is 1. The molecule has 0 saturated heterocycles. The monoisotopic (exact) mass is 558 g/mol. The van der Waals surface area contributed by atoms with Gasteiger partial charge in [-0.25, -0.2) is 12.8 Å². The Morgan fingerprint density at radius 1 is 1.24 bits per heavy atom. The number of carbonyl (C=O) groups is 1. The lowest BCUT2D eigenvalue weighted by Crippen LogP contribution is -2.45. The summed E-state index contributed by atoms with van der Waals surface area (Å²) >= 11 is 0. The number of hydrogen-bond acceptors (Lipinski definition) is 7. The van der Waals surface area contributed by atoms with Gasteiger partial charge in [-0.05, 0) is 35.4 Å². The molecule has 3 rings (SSSR count). The summed E-state index contributed by atoms with van der Waals surface area (Å²) in [5.74, 6) is -0.814. The van der Waals surface area contributed by atoms with Crippen LogP contribution in [-0.4, -0.2) is 62.3 Å². The van der Waals surface area contributed by atoms with Crippen LogP contribution < -0.4 is 15.3 Å². The van der Waals surface area contributed by atoms with Gasteiger partial charge in [-0.2, -0.15) is 4.76 Å². The fraction of sp³-hybridized carbons (Fsp3) is 0.583. The number of nitrogens with one attached hydrogen (secondary N) is 2. The lowest BCUT2D eigenvalue weighted by Gasteiger charge is -2.36. The lowest BCUT2D eigenvalue weighted by molar-refractivity contribution is -0.128. The van der Waals surface area contributed by atoms with E-state index in [1.807, 2.05) is 20.8 Å². The predicted molar refractivity (Wildman–Crippen MR) is 144 cm³/mol. The molecule has 2 aliphatic heterocycles. The molecule has 0 spiro atoms. The van der Waals surface area contributed by atoms with Gasteiger partial charge in [0.15, 0.2) is 5.84 Å². The van der Waals surface area contributed by atoms with Crippen molar-refractivity contribution in [1.82, 2.24) is 4.90 Å². The number of amides is 1. The van der Waals surface area contributed by atoms with Crippen LogP contribution >= 0.6 is 7.52 Å². The van der Waals surface area contributed by atoms with Crippen LogP contribution in [0.15, 0.2) is 34.3 Å². The van der Waals surface area contributed by atoms with Crippen LogP contribution in [0.25, 0.3) is 0 Å². The standard InChI is InChI=1S/C24H36FN4O6PS/c1-23(2,3)10-12-29-20(24(4,5)6)19(30)18(22(29)31)21-26-16-9-8-15(28-37(7,33)34)14-17(16)36(32,27-21)35-13-11-25/h8-9,14,20,28,30H,10-13H2,1-7H3,(H,26,27,32). The zero-order valence-corrected chi connectivity index (χ0v) is 24.0. The highest BCUT2D eigenvalue weighted by molar-refractivity contribution is 7.92. The van der Waals surface area contributed by atoms with Gasteiger partial charge in [0.05, 0.1) is 29.9 Å².